The Morgan fingerprint density at radius 3 is 2.77 bits per heavy atom. The number of esters is 1. The number of ether oxygens (including phenoxy) is 1. The summed E-state index contributed by atoms with van der Waals surface area (Å²) in [4.78, 5) is 13.2. The van der Waals surface area contributed by atoms with Crippen molar-refractivity contribution in [3.05, 3.63) is 0 Å². The Morgan fingerprint density at radius 2 is 2.15 bits per heavy atom. The molecule has 0 aromatic carbocycles. The molecule has 1 fully saturated rings. The lowest BCUT2D eigenvalue weighted by molar-refractivity contribution is -0.137. The number of thioether (sulfide) groups is 1. The van der Waals surface area contributed by atoms with Crippen LogP contribution in [-0.2, 0) is 9.53 Å². The number of carbonyl (C=O) groups excluding carboxylic acids is 1. The Morgan fingerprint density at radius 1 is 1.46 bits per heavy atom. The van der Waals surface area contributed by atoms with E-state index < -0.39 is 0 Å². The highest BCUT2D eigenvalue weighted by molar-refractivity contribution is 7.99. The normalized spacial score (nSPS) is 17.6. The number of nitrogens with zero attached hydrogens (tertiary/aromatic N) is 1. The molecule has 1 aliphatic rings. The molecule has 1 aliphatic heterocycles. The van der Waals surface area contributed by atoms with Crippen LogP contribution in [0.4, 0.5) is 0 Å². The number of carbonyl (C=O) groups is 1. The zero-order valence-corrected chi connectivity index (χ0v) is 8.94. The zero-order chi connectivity index (χ0) is 9.52. The monoisotopic (exact) mass is 203 g/mol. The zero-order valence-electron chi connectivity index (χ0n) is 8.12. The topological polar surface area (TPSA) is 29.5 Å². The van der Waals surface area contributed by atoms with E-state index in [1.165, 1.54) is 33.0 Å². The molecule has 0 atom stereocenters. The van der Waals surface area contributed by atoms with Gasteiger partial charge in [0.1, 0.15) is 0 Å². The van der Waals surface area contributed by atoms with Gasteiger partial charge in [0.15, 0.2) is 0 Å². The van der Waals surface area contributed by atoms with Crippen LogP contribution >= 0.6 is 11.8 Å². The van der Waals surface area contributed by atoms with Crippen LogP contribution in [0.1, 0.15) is 12.8 Å². The van der Waals surface area contributed by atoms with Gasteiger partial charge in [-0.25, -0.2) is 0 Å². The molecule has 1 heterocycles. The van der Waals surface area contributed by atoms with Crippen LogP contribution in [0.5, 0.6) is 0 Å². The van der Waals surface area contributed by atoms with Gasteiger partial charge in [-0.05, 0) is 25.9 Å². The molecule has 0 unspecified atom stereocenters. The summed E-state index contributed by atoms with van der Waals surface area (Å²) in [5.74, 6) is 1.41. The Labute approximate surface area is 83.8 Å². The second-order valence-electron chi connectivity index (χ2n) is 3.18. The quantitative estimate of drug-likeness (QED) is 0.492. The largest absolute Gasteiger partial charge is 0.468 e. The van der Waals surface area contributed by atoms with Crippen LogP contribution in [0.15, 0.2) is 0 Å². The molecule has 0 amide bonds. The predicted molar refractivity (Wildman–Crippen MR) is 55.0 cm³/mol. The van der Waals surface area contributed by atoms with Gasteiger partial charge < -0.3 is 9.64 Å². The number of rotatable bonds is 5. The van der Waals surface area contributed by atoms with E-state index in [4.69, 9.17) is 0 Å². The average Bonchev–Trinajstić information content (AvgIpc) is 2.64. The maximum absolute atomic E-state index is 10.8. The summed E-state index contributed by atoms with van der Waals surface area (Å²) >= 11 is 1.66. The molecule has 0 radical (unpaired) electrons. The van der Waals surface area contributed by atoms with Crippen LogP contribution < -0.4 is 0 Å². The van der Waals surface area contributed by atoms with E-state index in [2.05, 4.69) is 9.64 Å². The summed E-state index contributed by atoms with van der Waals surface area (Å²) in [6, 6.07) is 0. The molecular weight excluding hydrogens is 186 g/mol. The molecule has 0 aromatic rings. The van der Waals surface area contributed by atoms with Gasteiger partial charge >= 0.3 is 5.97 Å². The highest BCUT2D eigenvalue weighted by atomic mass is 32.2. The molecule has 1 rings (SSSR count). The smallest absolute Gasteiger partial charge is 0.315 e. The predicted octanol–water partition coefficient (Wildman–Crippen LogP) is 0.988. The second-order valence-corrected chi connectivity index (χ2v) is 4.28. The first kappa shape index (κ1) is 10.9. The number of hydrogen-bond donors (Lipinski definition) is 0. The van der Waals surface area contributed by atoms with Crippen molar-refractivity contribution in [3.63, 3.8) is 0 Å². The van der Waals surface area contributed by atoms with Gasteiger partial charge in [-0.15, -0.1) is 11.8 Å². The highest BCUT2D eigenvalue weighted by Gasteiger charge is 2.10. The van der Waals surface area contributed by atoms with Crippen molar-refractivity contribution in [1.29, 1.82) is 0 Å². The summed E-state index contributed by atoms with van der Waals surface area (Å²) < 4.78 is 4.55. The fourth-order valence-electron chi connectivity index (χ4n) is 1.41. The molecular formula is C9H17NO2S. The molecule has 4 heteroatoms. The fraction of sp³-hybridized carbons (Fsp3) is 0.889. The van der Waals surface area contributed by atoms with Gasteiger partial charge in [0.25, 0.3) is 0 Å². The van der Waals surface area contributed by atoms with Crippen molar-refractivity contribution in [2.24, 2.45) is 0 Å². The molecule has 0 N–H and O–H groups in total. The van der Waals surface area contributed by atoms with Crippen LogP contribution in [0.25, 0.3) is 0 Å². The van der Waals surface area contributed by atoms with E-state index in [9.17, 15) is 4.79 Å². The number of likely N-dealkylation sites (tertiary alicyclic amines) is 1. The van der Waals surface area contributed by atoms with Crippen LogP contribution in [-0.4, -0.2) is 49.1 Å². The van der Waals surface area contributed by atoms with Gasteiger partial charge in [0.05, 0.1) is 12.9 Å². The molecule has 0 bridgehead atoms. The lowest BCUT2D eigenvalue weighted by Gasteiger charge is -2.13. The fourth-order valence-corrected chi connectivity index (χ4v) is 2.23. The minimum absolute atomic E-state index is 0.119. The molecule has 0 saturated carbocycles. The van der Waals surface area contributed by atoms with Crippen molar-refractivity contribution < 1.29 is 9.53 Å². The third kappa shape index (κ3) is 4.52. The maximum atomic E-state index is 10.8. The lowest BCUT2D eigenvalue weighted by Crippen LogP contribution is -2.22. The summed E-state index contributed by atoms with van der Waals surface area (Å²) in [5, 5.41) is 0. The second kappa shape index (κ2) is 6.27. The molecule has 1 saturated heterocycles. The summed E-state index contributed by atoms with van der Waals surface area (Å²) in [6.45, 7) is 3.58. The number of hydrogen-bond acceptors (Lipinski definition) is 4. The van der Waals surface area contributed by atoms with Gasteiger partial charge in [-0.1, -0.05) is 0 Å². The summed E-state index contributed by atoms with van der Waals surface area (Å²) in [6.07, 6.45) is 2.67. The Hall–Kier alpha value is -0.220. The van der Waals surface area contributed by atoms with Crippen LogP contribution in [0.3, 0.4) is 0 Å². The highest BCUT2D eigenvalue weighted by Crippen LogP contribution is 2.09. The first-order valence-corrected chi connectivity index (χ1v) is 5.85. The summed E-state index contributed by atoms with van der Waals surface area (Å²) in [7, 11) is 1.43. The molecule has 0 spiro atoms. The van der Waals surface area contributed by atoms with Crippen molar-refractivity contribution >= 4 is 17.7 Å². The average molecular weight is 203 g/mol. The Balaban J connectivity index is 1.91. The van der Waals surface area contributed by atoms with Crippen LogP contribution in [0, 0.1) is 0 Å². The number of methoxy groups -OCH3 is 1. The van der Waals surface area contributed by atoms with Crippen molar-refractivity contribution in [2.45, 2.75) is 12.8 Å². The SMILES string of the molecule is COC(=O)CSCCN1CCCC1. The first-order valence-electron chi connectivity index (χ1n) is 4.70. The van der Waals surface area contributed by atoms with Crippen molar-refractivity contribution in [2.75, 3.05) is 38.2 Å². The standard InChI is InChI=1S/C9H17NO2S/c1-12-9(11)8-13-7-6-10-4-2-3-5-10/h2-8H2,1H3. The van der Waals surface area contributed by atoms with Gasteiger partial charge in [-0.2, -0.15) is 0 Å². The van der Waals surface area contributed by atoms with Gasteiger partial charge in [-0.3, -0.25) is 4.79 Å². The molecule has 3 nitrogen and oxygen atoms in total. The van der Waals surface area contributed by atoms with E-state index in [1.54, 1.807) is 11.8 Å². The first-order chi connectivity index (χ1) is 6.33. The van der Waals surface area contributed by atoms with Crippen molar-refractivity contribution in [3.8, 4) is 0 Å². The van der Waals surface area contributed by atoms with E-state index in [-0.39, 0.29) is 5.97 Å². The molecule has 0 aromatic heterocycles. The third-order valence-electron chi connectivity index (χ3n) is 2.20. The molecule has 76 valence electrons. The summed E-state index contributed by atoms with van der Waals surface area (Å²) in [5.41, 5.74) is 0. The third-order valence-corrected chi connectivity index (χ3v) is 3.11. The maximum Gasteiger partial charge on any atom is 0.315 e. The Kier molecular flexibility index (Phi) is 5.23. The van der Waals surface area contributed by atoms with E-state index in [1.807, 2.05) is 0 Å². The minimum Gasteiger partial charge on any atom is -0.468 e. The van der Waals surface area contributed by atoms with E-state index in [0.717, 1.165) is 12.3 Å². The molecule has 13 heavy (non-hydrogen) atoms. The molecule has 0 aliphatic carbocycles. The lowest BCUT2D eigenvalue weighted by atomic mass is 10.4. The van der Waals surface area contributed by atoms with Crippen LogP contribution in [0.2, 0.25) is 0 Å². The van der Waals surface area contributed by atoms with E-state index >= 15 is 0 Å². The van der Waals surface area contributed by atoms with Gasteiger partial charge in [0.2, 0.25) is 0 Å². The van der Waals surface area contributed by atoms with E-state index in [0.29, 0.717) is 5.75 Å². The minimum atomic E-state index is -0.119. The van der Waals surface area contributed by atoms with Crippen molar-refractivity contribution in [1.82, 2.24) is 4.90 Å². The Bertz CT molecular complexity index is 158. The van der Waals surface area contributed by atoms with Gasteiger partial charge in [0, 0.05) is 12.3 Å².